The van der Waals surface area contributed by atoms with Gasteiger partial charge in [0.25, 0.3) is 5.91 Å². The van der Waals surface area contributed by atoms with Crippen molar-refractivity contribution in [1.82, 2.24) is 5.32 Å². The number of carboxylic acid groups (broad SMARTS) is 1. The van der Waals surface area contributed by atoms with Crippen molar-refractivity contribution in [2.75, 3.05) is 13.7 Å². The van der Waals surface area contributed by atoms with Crippen molar-refractivity contribution < 1.29 is 24.2 Å². The first kappa shape index (κ1) is 17.4. The number of ether oxygens (including phenoxy) is 2. The lowest BCUT2D eigenvalue weighted by molar-refractivity contribution is -0.140. The second-order valence-corrected chi connectivity index (χ2v) is 6.44. The maximum absolute atomic E-state index is 12.3. The molecule has 2 rings (SSSR count). The standard InChI is InChI=1S/C16H20ClNO5/c1-9(2)8-23-13-11(17)6-10(7-12(13)22-3)14(19)18-16(4-5-16)15(20)21/h6-7,9H,4-5,8H2,1-3H3,(H,18,19)(H,20,21). The van der Waals surface area contributed by atoms with Crippen LogP contribution in [0.3, 0.4) is 0 Å². The topological polar surface area (TPSA) is 84.9 Å². The van der Waals surface area contributed by atoms with Crippen LogP contribution in [0.15, 0.2) is 12.1 Å². The molecule has 0 heterocycles. The van der Waals surface area contributed by atoms with Gasteiger partial charge in [0.15, 0.2) is 11.5 Å². The number of amides is 1. The highest BCUT2D eigenvalue weighted by atomic mass is 35.5. The molecule has 6 nitrogen and oxygen atoms in total. The zero-order valence-electron chi connectivity index (χ0n) is 13.3. The molecule has 1 fully saturated rings. The third-order valence-corrected chi connectivity index (χ3v) is 3.85. The molecule has 0 unspecified atom stereocenters. The number of carboxylic acids is 1. The van der Waals surface area contributed by atoms with E-state index in [9.17, 15) is 9.59 Å². The third kappa shape index (κ3) is 3.88. The molecule has 7 heteroatoms. The van der Waals surface area contributed by atoms with Crippen LogP contribution in [0.5, 0.6) is 11.5 Å². The lowest BCUT2D eigenvalue weighted by Crippen LogP contribution is -2.43. The van der Waals surface area contributed by atoms with Gasteiger partial charge in [-0.15, -0.1) is 0 Å². The summed E-state index contributed by atoms with van der Waals surface area (Å²) in [5.41, 5.74) is -0.917. The maximum Gasteiger partial charge on any atom is 0.329 e. The van der Waals surface area contributed by atoms with E-state index in [2.05, 4.69) is 5.32 Å². The first-order valence-corrected chi connectivity index (χ1v) is 7.73. The Bertz CT molecular complexity index is 625. The number of methoxy groups -OCH3 is 1. The predicted molar refractivity (Wildman–Crippen MR) is 85.4 cm³/mol. The molecule has 0 spiro atoms. The fraction of sp³-hybridized carbons (Fsp3) is 0.500. The van der Waals surface area contributed by atoms with E-state index in [1.807, 2.05) is 13.8 Å². The summed E-state index contributed by atoms with van der Waals surface area (Å²) in [4.78, 5) is 23.4. The summed E-state index contributed by atoms with van der Waals surface area (Å²) in [6.45, 7) is 4.47. The molecule has 1 aromatic carbocycles. The molecule has 0 radical (unpaired) electrons. The Labute approximate surface area is 139 Å². The monoisotopic (exact) mass is 341 g/mol. The van der Waals surface area contributed by atoms with E-state index >= 15 is 0 Å². The Morgan fingerprint density at radius 3 is 2.52 bits per heavy atom. The van der Waals surface area contributed by atoms with Crippen molar-refractivity contribution in [2.24, 2.45) is 5.92 Å². The molecule has 1 amide bonds. The molecule has 1 aliphatic carbocycles. The smallest absolute Gasteiger partial charge is 0.329 e. The highest BCUT2D eigenvalue weighted by Crippen LogP contribution is 2.38. The number of rotatable bonds is 7. The number of carbonyl (C=O) groups is 2. The van der Waals surface area contributed by atoms with Gasteiger partial charge >= 0.3 is 5.97 Å². The summed E-state index contributed by atoms with van der Waals surface area (Å²) in [7, 11) is 1.45. The van der Waals surface area contributed by atoms with E-state index in [-0.39, 0.29) is 10.6 Å². The molecule has 0 aliphatic heterocycles. The average Bonchev–Trinajstić information content (AvgIpc) is 3.25. The van der Waals surface area contributed by atoms with Crippen LogP contribution < -0.4 is 14.8 Å². The summed E-state index contributed by atoms with van der Waals surface area (Å²) < 4.78 is 10.9. The highest BCUT2D eigenvalue weighted by Gasteiger charge is 2.51. The highest BCUT2D eigenvalue weighted by molar-refractivity contribution is 6.32. The maximum atomic E-state index is 12.3. The minimum atomic E-state index is -1.15. The number of halogens is 1. The summed E-state index contributed by atoms with van der Waals surface area (Å²) in [6, 6.07) is 2.95. The van der Waals surface area contributed by atoms with Crippen molar-refractivity contribution in [2.45, 2.75) is 32.2 Å². The van der Waals surface area contributed by atoms with Crippen molar-refractivity contribution in [1.29, 1.82) is 0 Å². The quantitative estimate of drug-likeness (QED) is 0.796. The molecule has 2 N–H and O–H groups in total. The first-order chi connectivity index (χ1) is 10.8. The van der Waals surface area contributed by atoms with Crippen LogP contribution in [0.1, 0.15) is 37.0 Å². The third-order valence-electron chi connectivity index (χ3n) is 3.56. The predicted octanol–water partition coefficient (Wildman–Crippen LogP) is 2.73. The number of aliphatic carboxylic acids is 1. The zero-order valence-corrected chi connectivity index (χ0v) is 14.1. The average molecular weight is 342 g/mol. The second kappa shape index (κ2) is 6.66. The van der Waals surface area contributed by atoms with Crippen LogP contribution in [0.25, 0.3) is 0 Å². The van der Waals surface area contributed by atoms with Gasteiger partial charge in [0.2, 0.25) is 0 Å². The second-order valence-electron chi connectivity index (χ2n) is 6.04. The van der Waals surface area contributed by atoms with E-state index in [1.54, 1.807) is 0 Å². The number of hydrogen-bond donors (Lipinski definition) is 2. The van der Waals surface area contributed by atoms with Gasteiger partial charge in [-0.3, -0.25) is 4.79 Å². The van der Waals surface area contributed by atoms with Gasteiger partial charge < -0.3 is 19.9 Å². The molecule has 1 saturated carbocycles. The molecule has 1 aliphatic rings. The van der Waals surface area contributed by atoms with Crippen LogP contribution in [0, 0.1) is 5.92 Å². The van der Waals surface area contributed by atoms with Crippen LogP contribution >= 0.6 is 11.6 Å². The molecule has 0 aromatic heterocycles. The molecular weight excluding hydrogens is 322 g/mol. The number of carbonyl (C=O) groups excluding carboxylic acids is 1. The van der Waals surface area contributed by atoms with E-state index in [0.29, 0.717) is 36.9 Å². The molecule has 23 heavy (non-hydrogen) atoms. The minimum Gasteiger partial charge on any atom is -0.493 e. The molecular formula is C16H20ClNO5. The Balaban J connectivity index is 2.22. The summed E-state index contributed by atoms with van der Waals surface area (Å²) >= 11 is 6.19. The van der Waals surface area contributed by atoms with Gasteiger partial charge in [0.1, 0.15) is 5.54 Å². The van der Waals surface area contributed by atoms with Crippen molar-refractivity contribution in [3.05, 3.63) is 22.7 Å². The van der Waals surface area contributed by atoms with E-state index in [1.165, 1.54) is 19.2 Å². The van der Waals surface area contributed by atoms with Gasteiger partial charge in [-0.05, 0) is 30.9 Å². The van der Waals surface area contributed by atoms with Crippen LogP contribution in [-0.2, 0) is 4.79 Å². The molecule has 0 atom stereocenters. The van der Waals surface area contributed by atoms with Crippen LogP contribution in [-0.4, -0.2) is 36.2 Å². The van der Waals surface area contributed by atoms with Gasteiger partial charge in [-0.1, -0.05) is 25.4 Å². The minimum absolute atomic E-state index is 0.233. The van der Waals surface area contributed by atoms with E-state index in [4.69, 9.17) is 26.2 Å². The molecule has 1 aromatic rings. The van der Waals surface area contributed by atoms with E-state index in [0.717, 1.165) is 0 Å². The Morgan fingerprint density at radius 2 is 2.04 bits per heavy atom. The number of nitrogens with one attached hydrogen (secondary N) is 1. The fourth-order valence-corrected chi connectivity index (χ4v) is 2.31. The van der Waals surface area contributed by atoms with Gasteiger partial charge in [0, 0.05) is 5.56 Å². The lowest BCUT2D eigenvalue weighted by Gasteiger charge is -2.16. The van der Waals surface area contributed by atoms with Crippen LogP contribution in [0.4, 0.5) is 0 Å². The largest absolute Gasteiger partial charge is 0.493 e. The number of hydrogen-bond acceptors (Lipinski definition) is 4. The number of benzene rings is 1. The van der Waals surface area contributed by atoms with Gasteiger partial charge in [-0.25, -0.2) is 4.79 Å². The SMILES string of the molecule is COc1cc(C(=O)NC2(C(=O)O)CC2)cc(Cl)c1OCC(C)C. The Morgan fingerprint density at radius 1 is 1.39 bits per heavy atom. The fourth-order valence-electron chi connectivity index (χ4n) is 2.05. The van der Waals surface area contributed by atoms with Crippen molar-refractivity contribution >= 4 is 23.5 Å². The van der Waals surface area contributed by atoms with Gasteiger partial charge in [-0.2, -0.15) is 0 Å². The normalized spacial score (nSPS) is 15.2. The Hall–Kier alpha value is -1.95. The summed E-state index contributed by atoms with van der Waals surface area (Å²) in [6.07, 6.45) is 0.850. The summed E-state index contributed by atoms with van der Waals surface area (Å²) in [5, 5.41) is 11.9. The zero-order chi connectivity index (χ0) is 17.2. The lowest BCUT2D eigenvalue weighted by atomic mass is 10.1. The van der Waals surface area contributed by atoms with Crippen molar-refractivity contribution in [3.63, 3.8) is 0 Å². The Kier molecular flexibility index (Phi) is 5.04. The van der Waals surface area contributed by atoms with Crippen molar-refractivity contribution in [3.8, 4) is 11.5 Å². The molecule has 126 valence electrons. The van der Waals surface area contributed by atoms with Crippen LogP contribution in [0.2, 0.25) is 5.02 Å². The molecule has 0 saturated heterocycles. The van der Waals surface area contributed by atoms with Gasteiger partial charge in [0.05, 0.1) is 18.7 Å². The van der Waals surface area contributed by atoms with E-state index < -0.39 is 17.4 Å². The summed E-state index contributed by atoms with van der Waals surface area (Å²) in [5.74, 6) is -0.507. The first-order valence-electron chi connectivity index (χ1n) is 7.35. The molecule has 0 bridgehead atoms.